The molecule has 2 aromatic carbocycles. The van der Waals surface area contributed by atoms with Gasteiger partial charge >= 0.3 is 0 Å². The highest BCUT2D eigenvalue weighted by molar-refractivity contribution is 8.01. The van der Waals surface area contributed by atoms with Crippen LogP contribution in [-0.2, 0) is 0 Å². The molecular formula is C19H17NS. The van der Waals surface area contributed by atoms with Gasteiger partial charge in [-0.2, -0.15) is 0 Å². The van der Waals surface area contributed by atoms with Crippen molar-refractivity contribution in [1.82, 2.24) is 0 Å². The van der Waals surface area contributed by atoms with E-state index in [2.05, 4.69) is 67.6 Å². The summed E-state index contributed by atoms with van der Waals surface area (Å²) in [5, 5.41) is 0.477. The maximum absolute atomic E-state index is 6.41. The van der Waals surface area contributed by atoms with Gasteiger partial charge in [0.2, 0.25) is 0 Å². The Morgan fingerprint density at radius 1 is 0.952 bits per heavy atom. The molecular weight excluding hydrogens is 274 g/mol. The van der Waals surface area contributed by atoms with Crippen LogP contribution in [-0.4, -0.2) is 5.25 Å². The summed E-state index contributed by atoms with van der Waals surface area (Å²) in [6.45, 7) is 2.30. The predicted octanol–water partition coefficient (Wildman–Crippen LogP) is 4.56. The van der Waals surface area contributed by atoms with Gasteiger partial charge in [0, 0.05) is 21.8 Å². The lowest BCUT2D eigenvalue weighted by atomic mass is 9.81. The lowest BCUT2D eigenvalue weighted by Gasteiger charge is -2.29. The molecule has 1 aliphatic carbocycles. The molecule has 0 radical (unpaired) electrons. The van der Waals surface area contributed by atoms with Crippen LogP contribution >= 0.6 is 11.8 Å². The van der Waals surface area contributed by atoms with Gasteiger partial charge in [-0.15, -0.1) is 11.8 Å². The number of hydrogen-bond donors (Lipinski definition) is 1. The predicted molar refractivity (Wildman–Crippen MR) is 90.8 cm³/mol. The zero-order chi connectivity index (χ0) is 14.4. The molecule has 0 aromatic heterocycles. The summed E-state index contributed by atoms with van der Waals surface area (Å²) in [6, 6.07) is 19.2. The highest BCUT2D eigenvalue weighted by atomic mass is 32.2. The Bertz CT molecular complexity index is 758. The molecule has 0 spiro atoms. The van der Waals surface area contributed by atoms with Crippen molar-refractivity contribution < 1.29 is 0 Å². The van der Waals surface area contributed by atoms with E-state index in [9.17, 15) is 0 Å². The van der Waals surface area contributed by atoms with E-state index in [0.29, 0.717) is 11.2 Å². The number of hydrogen-bond acceptors (Lipinski definition) is 2. The fraction of sp³-hybridized carbons (Fsp3) is 0.158. The quantitative estimate of drug-likeness (QED) is 0.833. The van der Waals surface area contributed by atoms with Crippen molar-refractivity contribution in [2.45, 2.75) is 17.1 Å². The largest absolute Gasteiger partial charge is 0.398 e. The van der Waals surface area contributed by atoms with E-state index in [-0.39, 0.29) is 0 Å². The molecule has 1 aliphatic heterocycles. The van der Waals surface area contributed by atoms with Crippen LogP contribution in [0.25, 0.3) is 11.1 Å². The SMILES string of the molecule is CC1C(c2ccccc2)=C(N)C=C2c3ccccc3SC21. The van der Waals surface area contributed by atoms with Gasteiger partial charge in [-0.05, 0) is 34.4 Å². The van der Waals surface area contributed by atoms with Crippen LogP contribution in [0.1, 0.15) is 18.1 Å². The number of benzene rings is 2. The summed E-state index contributed by atoms with van der Waals surface area (Å²) in [5.74, 6) is 0.421. The topological polar surface area (TPSA) is 26.0 Å². The minimum absolute atomic E-state index is 0.421. The maximum Gasteiger partial charge on any atom is 0.0418 e. The van der Waals surface area contributed by atoms with Crippen LogP contribution in [0.3, 0.4) is 0 Å². The number of fused-ring (bicyclic) bond motifs is 3. The lowest BCUT2D eigenvalue weighted by Crippen LogP contribution is -2.22. The van der Waals surface area contributed by atoms with E-state index in [1.54, 1.807) is 0 Å². The normalized spacial score (nSPS) is 23.6. The van der Waals surface area contributed by atoms with E-state index < -0.39 is 0 Å². The molecule has 0 saturated carbocycles. The molecule has 0 saturated heterocycles. The van der Waals surface area contributed by atoms with Crippen molar-refractivity contribution >= 4 is 22.9 Å². The number of nitrogens with two attached hydrogens (primary N) is 1. The van der Waals surface area contributed by atoms with Crippen molar-refractivity contribution in [2.75, 3.05) is 0 Å². The lowest BCUT2D eigenvalue weighted by molar-refractivity contribution is 0.783. The van der Waals surface area contributed by atoms with Gasteiger partial charge in [0.1, 0.15) is 0 Å². The van der Waals surface area contributed by atoms with Gasteiger partial charge in [0.05, 0.1) is 0 Å². The summed E-state index contributed by atoms with van der Waals surface area (Å²) in [7, 11) is 0. The molecule has 2 N–H and O–H groups in total. The molecule has 0 bridgehead atoms. The molecule has 2 aromatic rings. The van der Waals surface area contributed by atoms with Crippen molar-refractivity contribution in [3.05, 3.63) is 77.5 Å². The molecule has 104 valence electrons. The Morgan fingerprint density at radius 3 is 2.48 bits per heavy atom. The summed E-state index contributed by atoms with van der Waals surface area (Å²) in [5.41, 5.74) is 12.6. The van der Waals surface area contributed by atoms with E-state index in [4.69, 9.17) is 5.73 Å². The average molecular weight is 291 g/mol. The van der Waals surface area contributed by atoms with Crippen LogP contribution in [0.2, 0.25) is 0 Å². The molecule has 2 heteroatoms. The number of thioether (sulfide) groups is 1. The Hall–Kier alpha value is -1.93. The highest BCUT2D eigenvalue weighted by Gasteiger charge is 2.36. The Morgan fingerprint density at radius 2 is 1.67 bits per heavy atom. The standard InChI is InChI=1S/C19H17NS/c1-12-18(13-7-3-2-4-8-13)16(20)11-15-14-9-5-6-10-17(14)21-19(12)15/h2-12,19H,20H2,1H3. The molecule has 2 atom stereocenters. The first-order valence-corrected chi connectivity index (χ1v) is 8.16. The summed E-state index contributed by atoms with van der Waals surface area (Å²) in [6.07, 6.45) is 2.19. The third-order valence-electron chi connectivity index (χ3n) is 4.37. The summed E-state index contributed by atoms with van der Waals surface area (Å²) >= 11 is 1.97. The van der Waals surface area contributed by atoms with Gasteiger partial charge < -0.3 is 5.73 Å². The van der Waals surface area contributed by atoms with E-state index >= 15 is 0 Å². The minimum Gasteiger partial charge on any atom is -0.398 e. The first-order valence-electron chi connectivity index (χ1n) is 7.28. The van der Waals surface area contributed by atoms with Gasteiger partial charge in [-0.25, -0.2) is 0 Å². The fourth-order valence-corrected chi connectivity index (χ4v) is 4.81. The van der Waals surface area contributed by atoms with Crippen molar-refractivity contribution in [1.29, 1.82) is 0 Å². The van der Waals surface area contributed by atoms with E-state index in [1.807, 2.05) is 11.8 Å². The Kier molecular flexibility index (Phi) is 2.93. The summed E-state index contributed by atoms with van der Waals surface area (Å²) < 4.78 is 0. The van der Waals surface area contributed by atoms with Gasteiger partial charge in [0.25, 0.3) is 0 Å². The Balaban J connectivity index is 1.86. The first-order chi connectivity index (χ1) is 10.3. The summed E-state index contributed by atoms with van der Waals surface area (Å²) in [4.78, 5) is 1.38. The van der Waals surface area contributed by atoms with Crippen molar-refractivity contribution in [3.63, 3.8) is 0 Å². The second kappa shape index (κ2) is 4.81. The third kappa shape index (κ3) is 1.94. The number of allylic oxidation sites excluding steroid dienone is 2. The molecule has 0 amide bonds. The van der Waals surface area contributed by atoms with Crippen LogP contribution in [0.4, 0.5) is 0 Å². The van der Waals surface area contributed by atoms with Crippen molar-refractivity contribution in [2.24, 2.45) is 11.7 Å². The zero-order valence-electron chi connectivity index (χ0n) is 11.9. The average Bonchev–Trinajstić information content (AvgIpc) is 2.88. The second-order valence-electron chi connectivity index (χ2n) is 5.66. The van der Waals surface area contributed by atoms with Gasteiger partial charge in [-0.3, -0.25) is 0 Å². The monoisotopic (exact) mass is 291 g/mol. The zero-order valence-corrected chi connectivity index (χ0v) is 12.7. The van der Waals surface area contributed by atoms with E-state index in [1.165, 1.54) is 27.2 Å². The molecule has 1 nitrogen and oxygen atoms in total. The molecule has 2 unspecified atom stereocenters. The molecule has 2 aliphatic rings. The molecule has 21 heavy (non-hydrogen) atoms. The second-order valence-corrected chi connectivity index (χ2v) is 6.84. The van der Waals surface area contributed by atoms with Gasteiger partial charge in [0.15, 0.2) is 0 Å². The van der Waals surface area contributed by atoms with Crippen LogP contribution in [0.15, 0.2) is 71.3 Å². The van der Waals surface area contributed by atoms with Gasteiger partial charge in [-0.1, -0.05) is 55.5 Å². The number of rotatable bonds is 1. The van der Waals surface area contributed by atoms with Crippen LogP contribution in [0, 0.1) is 5.92 Å². The van der Waals surface area contributed by atoms with Crippen LogP contribution in [0.5, 0.6) is 0 Å². The molecule has 4 rings (SSSR count). The first kappa shape index (κ1) is 12.8. The highest BCUT2D eigenvalue weighted by Crippen LogP contribution is 2.53. The third-order valence-corrected chi connectivity index (χ3v) is 5.90. The fourth-order valence-electron chi connectivity index (χ4n) is 3.40. The van der Waals surface area contributed by atoms with Crippen LogP contribution < -0.4 is 5.73 Å². The molecule has 1 heterocycles. The van der Waals surface area contributed by atoms with Crippen molar-refractivity contribution in [3.8, 4) is 0 Å². The maximum atomic E-state index is 6.41. The smallest absolute Gasteiger partial charge is 0.0418 e. The minimum atomic E-state index is 0.421. The molecule has 0 fully saturated rings. The van der Waals surface area contributed by atoms with E-state index in [0.717, 1.165) is 5.70 Å². The Labute approximate surface area is 129 Å².